The normalized spacial score (nSPS) is 22.1. The van der Waals surface area contributed by atoms with Gasteiger partial charge in [0.25, 0.3) is 0 Å². The summed E-state index contributed by atoms with van der Waals surface area (Å²) >= 11 is 0. The summed E-state index contributed by atoms with van der Waals surface area (Å²) in [5.41, 5.74) is 6.81. The van der Waals surface area contributed by atoms with E-state index >= 15 is 0 Å². The van der Waals surface area contributed by atoms with Gasteiger partial charge in [0.2, 0.25) is 5.91 Å². The van der Waals surface area contributed by atoms with Crippen molar-refractivity contribution in [2.45, 2.75) is 25.3 Å². The van der Waals surface area contributed by atoms with Crippen molar-refractivity contribution >= 4 is 5.91 Å². The summed E-state index contributed by atoms with van der Waals surface area (Å²) in [7, 11) is 0. The maximum Gasteiger partial charge on any atom is 0.236 e. The van der Waals surface area contributed by atoms with E-state index in [-0.39, 0.29) is 11.9 Å². The average molecular weight is 261 g/mol. The molecule has 1 aromatic rings. The predicted molar refractivity (Wildman–Crippen MR) is 76.9 cm³/mol. The molecule has 0 spiro atoms. The number of benzene rings is 1. The van der Waals surface area contributed by atoms with Crippen LogP contribution < -0.4 is 11.1 Å². The second-order valence-electron chi connectivity index (χ2n) is 5.26. The summed E-state index contributed by atoms with van der Waals surface area (Å²) in [5, 5.41) is 3.22. The van der Waals surface area contributed by atoms with Crippen LogP contribution in [0.3, 0.4) is 0 Å². The monoisotopic (exact) mass is 261 g/mol. The molecular formula is C15H23N3O. The van der Waals surface area contributed by atoms with Crippen LogP contribution in [0.2, 0.25) is 0 Å². The first kappa shape index (κ1) is 14.0. The van der Waals surface area contributed by atoms with Crippen molar-refractivity contribution in [1.29, 1.82) is 0 Å². The number of rotatable bonds is 5. The number of piperazine rings is 1. The molecule has 2 rings (SSSR count). The van der Waals surface area contributed by atoms with E-state index < -0.39 is 0 Å². The van der Waals surface area contributed by atoms with Gasteiger partial charge in [-0.1, -0.05) is 37.3 Å². The third kappa shape index (κ3) is 3.78. The fourth-order valence-corrected chi connectivity index (χ4v) is 2.60. The van der Waals surface area contributed by atoms with Gasteiger partial charge in [-0.2, -0.15) is 0 Å². The minimum Gasteiger partial charge on any atom is -0.368 e. The lowest BCUT2D eigenvalue weighted by molar-refractivity contribution is -0.123. The number of nitrogens with zero attached hydrogens (tertiary/aromatic N) is 1. The first-order valence-electron chi connectivity index (χ1n) is 6.97. The fraction of sp³-hybridized carbons (Fsp3) is 0.533. The average Bonchev–Trinajstić information content (AvgIpc) is 2.46. The highest BCUT2D eigenvalue weighted by Crippen LogP contribution is 2.19. The molecule has 1 amide bonds. The van der Waals surface area contributed by atoms with Crippen LogP contribution in [0.5, 0.6) is 0 Å². The van der Waals surface area contributed by atoms with Crippen LogP contribution in [0.4, 0.5) is 0 Å². The summed E-state index contributed by atoms with van der Waals surface area (Å²) in [6.45, 7) is 5.66. The molecule has 0 aliphatic carbocycles. The topological polar surface area (TPSA) is 58.4 Å². The first-order valence-corrected chi connectivity index (χ1v) is 6.97. The Labute approximate surface area is 115 Å². The lowest BCUT2D eigenvalue weighted by atomic mass is 9.97. The van der Waals surface area contributed by atoms with Crippen molar-refractivity contribution in [3.05, 3.63) is 35.9 Å². The Morgan fingerprint density at radius 1 is 1.47 bits per heavy atom. The van der Waals surface area contributed by atoms with Gasteiger partial charge in [0, 0.05) is 19.6 Å². The van der Waals surface area contributed by atoms with Gasteiger partial charge < -0.3 is 11.1 Å². The molecule has 3 N–H and O–H groups in total. The summed E-state index contributed by atoms with van der Waals surface area (Å²) < 4.78 is 0. The van der Waals surface area contributed by atoms with E-state index in [2.05, 4.69) is 41.4 Å². The van der Waals surface area contributed by atoms with E-state index in [9.17, 15) is 4.79 Å². The van der Waals surface area contributed by atoms with Crippen LogP contribution >= 0.6 is 0 Å². The Bertz CT molecular complexity index is 407. The molecule has 1 aliphatic heterocycles. The molecule has 0 radical (unpaired) electrons. The first-order chi connectivity index (χ1) is 9.18. The Morgan fingerprint density at radius 2 is 2.21 bits per heavy atom. The molecule has 0 aromatic heterocycles. The van der Waals surface area contributed by atoms with Gasteiger partial charge in [0.1, 0.15) is 6.04 Å². The van der Waals surface area contributed by atoms with E-state index in [4.69, 9.17) is 5.73 Å². The number of carbonyl (C=O) groups excluding carboxylic acids is 1. The molecule has 2 unspecified atom stereocenters. The van der Waals surface area contributed by atoms with Crippen molar-refractivity contribution in [2.24, 2.45) is 5.73 Å². The van der Waals surface area contributed by atoms with Crippen LogP contribution in [0.25, 0.3) is 0 Å². The molecule has 4 heteroatoms. The molecular weight excluding hydrogens is 238 g/mol. The van der Waals surface area contributed by atoms with E-state index in [1.807, 2.05) is 6.07 Å². The molecule has 0 saturated carbocycles. The van der Waals surface area contributed by atoms with Crippen molar-refractivity contribution in [3.8, 4) is 0 Å². The summed E-state index contributed by atoms with van der Waals surface area (Å²) in [6, 6.07) is 10.3. The summed E-state index contributed by atoms with van der Waals surface area (Å²) in [6.07, 6.45) is 1.05. The molecule has 2 atom stereocenters. The summed E-state index contributed by atoms with van der Waals surface area (Å²) in [5.74, 6) is 0.282. The minimum atomic E-state index is -0.223. The number of nitrogens with one attached hydrogen (secondary N) is 1. The van der Waals surface area contributed by atoms with Crippen LogP contribution in [0, 0.1) is 0 Å². The molecule has 1 saturated heterocycles. The highest BCUT2D eigenvalue weighted by Gasteiger charge is 2.26. The van der Waals surface area contributed by atoms with Gasteiger partial charge in [-0.25, -0.2) is 0 Å². The quantitative estimate of drug-likeness (QED) is 0.829. The van der Waals surface area contributed by atoms with Crippen molar-refractivity contribution in [1.82, 2.24) is 10.2 Å². The van der Waals surface area contributed by atoms with E-state index in [1.54, 1.807) is 0 Å². The lowest BCUT2D eigenvalue weighted by Crippen LogP contribution is -2.57. The highest BCUT2D eigenvalue weighted by atomic mass is 16.1. The predicted octanol–water partition coefficient (Wildman–Crippen LogP) is 0.939. The Hall–Kier alpha value is -1.39. The van der Waals surface area contributed by atoms with Gasteiger partial charge in [0.05, 0.1) is 0 Å². The molecule has 1 fully saturated rings. The number of primary amides is 1. The zero-order chi connectivity index (χ0) is 13.7. The van der Waals surface area contributed by atoms with E-state index in [0.717, 1.165) is 26.1 Å². The molecule has 1 aromatic carbocycles. The van der Waals surface area contributed by atoms with Crippen LogP contribution in [0.1, 0.15) is 24.8 Å². The van der Waals surface area contributed by atoms with Crippen molar-refractivity contribution in [3.63, 3.8) is 0 Å². The second-order valence-corrected chi connectivity index (χ2v) is 5.26. The number of carbonyl (C=O) groups is 1. The van der Waals surface area contributed by atoms with Gasteiger partial charge in [-0.05, 0) is 24.4 Å². The van der Waals surface area contributed by atoms with Gasteiger partial charge in [-0.15, -0.1) is 0 Å². The fourth-order valence-electron chi connectivity index (χ4n) is 2.60. The smallest absolute Gasteiger partial charge is 0.236 e. The molecule has 19 heavy (non-hydrogen) atoms. The maximum atomic E-state index is 11.4. The minimum absolute atomic E-state index is 0.156. The molecule has 0 bridgehead atoms. The number of hydrogen-bond acceptors (Lipinski definition) is 3. The molecule has 1 aliphatic rings. The Balaban J connectivity index is 1.88. The SMILES string of the molecule is CC(CCN1CCNCC1C(N)=O)c1ccccc1. The van der Waals surface area contributed by atoms with Gasteiger partial charge in [0.15, 0.2) is 0 Å². The Kier molecular flexibility index (Phi) is 4.93. The van der Waals surface area contributed by atoms with Crippen LogP contribution in [-0.4, -0.2) is 43.0 Å². The Morgan fingerprint density at radius 3 is 2.89 bits per heavy atom. The number of hydrogen-bond donors (Lipinski definition) is 2. The zero-order valence-corrected chi connectivity index (χ0v) is 11.5. The maximum absolute atomic E-state index is 11.4. The largest absolute Gasteiger partial charge is 0.368 e. The van der Waals surface area contributed by atoms with E-state index in [0.29, 0.717) is 12.5 Å². The zero-order valence-electron chi connectivity index (χ0n) is 11.5. The standard InChI is InChI=1S/C15H23N3O/c1-12(13-5-3-2-4-6-13)7-9-18-10-8-17-11-14(18)15(16)19/h2-6,12,14,17H,7-11H2,1H3,(H2,16,19). The third-order valence-electron chi connectivity index (χ3n) is 3.90. The van der Waals surface area contributed by atoms with Crippen molar-refractivity contribution in [2.75, 3.05) is 26.2 Å². The second kappa shape index (κ2) is 6.68. The van der Waals surface area contributed by atoms with Crippen LogP contribution in [-0.2, 0) is 4.79 Å². The molecule has 104 valence electrons. The molecule has 1 heterocycles. The molecule has 4 nitrogen and oxygen atoms in total. The number of nitrogens with two attached hydrogens (primary N) is 1. The van der Waals surface area contributed by atoms with Crippen LogP contribution in [0.15, 0.2) is 30.3 Å². The summed E-state index contributed by atoms with van der Waals surface area (Å²) in [4.78, 5) is 13.6. The van der Waals surface area contributed by atoms with Gasteiger partial charge in [-0.3, -0.25) is 9.69 Å². The third-order valence-corrected chi connectivity index (χ3v) is 3.90. The number of amides is 1. The van der Waals surface area contributed by atoms with Gasteiger partial charge >= 0.3 is 0 Å². The highest BCUT2D eigenvalue weighted by molar-refractivity contribution is 5.80. The van der Waals surface area contributed by atoms with E-state index in [1.165, 1.54) is 5.56 Å². The lowest BCUT2D eigenvalue weighted by Gasteiger charge is -2.34. The van der Waals surface area contributed by atoms with Crippen molar-refractivity contribution < 1.29 is 4.79 Å².